The zero-order valence-electron chi connectivity index (χ0n) is 11.1. The topological polar surface area (TPSA) is 60.2 Å². The Morgan fingerprint density at radius 2 is 2.32 bits per heavy atom. The maximum atomic E-state index is 5.87. The number of aromatic nitrogens is 1. The Kier molecular flexibility index (Phi) is 3.25. The van der Waals surface area contributed by atoms with Crippen LogP contribution >= 0.6 is 0 Å². The monoisotopic (exact) mass is 257 g/mol. The van der Waals surface area contributed by atoms with Crippen molar-refractivity contribution in [1.82, 2.24) is 4.98 Å². The number of nitrogens with one attached hydrogen (secondary N) is 1. The molecule has 1 aromatic heterocycles. The summed E-state index contributed by atoms with van der Waals surface area (Å²) in [7, 11) is 0. The lowest BCUT2D eigenvalue weighted by molar-refractivity contribution is 0.187. The lowest BCUT2D eigenvalue weighted by Crippen LogP contribution is -2.14. The van der Waals surface area contributed by atoms with E-state index in [-0.39, 0.29) is 0 Å². The van der Waals surface area contributed by atoms with Crippen LogP contribution in [0.3, 0.4) is 0 Å². The van der Waals surface area contributed by atoms with Gasteiger partial charge in [-0.1, -0.05) is 0 Å². The van der Waals surface area contributed by atoms with E-state index < -0.39 is 0 Å². The van der Waals surface area contributed by atoms with Crippen LogP contribution in [0.4, 0.5) is 11.4 Å². The highest BCUT2D eigenvalue weighted by atomic mass is 16.5. The summed E-state index contributed by atoms with van der Waals surface area (Å²) in [5, 5.41) is 4.61. The number of nitrogens with zero attached hydrogens (tertiary/aromatic N) is 1. The zero-order chi connectivity index (χ0) is 13.2. The van der Waals surface area contributed by atoms with Crippen molar-refractivity contribution in [2.24, 2.45) is 5.92 Å². The molecule has 0 spiro atoms. The van der Waals surface area contributed by atoms with Crippen LogP contribution < -0.4 is 11.1 Å². The van der Waals surface area contributed by atoms with Crippen molar-refractivity contribution >= 4 is 22.3 Å². The maximum absolute atomic E-state index is 5.87. The Balaban J connectivity index is 1.89. The molecule has 4 nitrogen and oxygen atoms in total. The minimum atomic E-state index is 0.601. The molecule has 3 N–H and O–H groups in total. The van der Waals surface area contributed by atoms with Crippen LogP contribution in [0.15, 0.2) is 24.3 Å². The first-order chi connectivity index (χ1) is 9.22. The average Bonchev–Trinajstić information content (AvgIpc) is 2.89. The number of ether oxygens (including phenoxy) is 1. The van der Waals surface area contributed by atoms with Crippen LogP contribution in [0.1, 0.15) is 12.1 Å². The highest BCUT2D eigenvalue weighted by Gasteiger charge is 2.15. The van der Waals surface area contributed by atoms with Crippen LogP contribution in [-0.4, -0.2) is 24.7 Å². The fourth-order valence-corrected chi connectivity index (χ4v) is 2.52. The molecule has 1 aliphatic heterocycles. The predicted octanol–water partition coefficient (Wildman–Crippen LogP) is 2.57. The van der Waals surface area contributed by atoms with Crippen molar-refractivity contribution in [3.63, 3.8) is 0 Å². The Morgan fingerprint density at radius 3 is 3.11 bits per heavy atom. The van der Waals surface area contributed by atoms with E-state index in [9.17, 15) is 0 Å². The Bertz CT molecular complexity index is 591. The van der Waals surface area contributed by atoms with Crippen LogP contribution in [0, 0.1) is 12.8 Å². The third-order valence-corrected chi connectivity index (χ3v) is 3.57. The van der Waals surface area contributed by atoms with Crippen molar-refractivity contribution in [3.8, 4) is 0 Å². The first-order valence-corrected chi connectivity index (χ1v) is 6.71. The summed E-state index contributed by atoms with van der Waals surface area (Å²) < 4.78 is 5.40. The number of fused-ring (bicyclic) bond motifs is 1. The average molecular weight is 257 g/mol. The van der Waals surface area contributed by atoms with Crippen LogP contribution in [0.2, 0.25) is 0 Å². The van der Waals surface area contributed by atoms with Gasteiger partial charge in [-0.05, 0) is 37.6 Å². The molecule has 100 valence electrons. The first-order valence-electron chi connectivity index (χ1n) is 6.71. The summed E-state index contributed by atoms with van der Waals surface area (Å²) in [6.45, 7) is 4.69. The maximum Gasteiger partial charge on any atom is 0.0727 e. The van der Waals surface area contributed by atoms with Gasteiger partial charge in [-0.2, -0.15) is 0 Å². The van der Waals surface area contributed by atoms with E-state index in [1.165, 1.54) is 0 Å². The van der Waals surface area contributed by atoms with Gasteiger partial charge in [0.15, 0.2) is 0 Å². The van der Waals surface area contributed by atoms with E-state index in [1.54, 1.807) is 0 Å². The molecule has 0 amide bonds. The van der Waals surface area contributed by atoms with Gasteiger partial charge in [-0.15, -0.1) is 0 Å². The normalized spacial score (nSPS) is 18.9. The van der Waals surface area contributed by atoms with Gasteiger partial charge in [0.2, 0.25) is 0 Å². The molecule has 1 fully saturated rings. The van der Waals surface area contributed by atoms with Gasteiger partial charge in [0, 0.05) is 41.5 Å². The molecule has 0 radical (unpaired) electrons. The van der Waals surface area contributed by atoms with E-state index in [1.807, 2.05) is 25.1 Å². The highest BCUT2D eigenvalue weighted by Crippen LogP contribution is 2.26. The number of aryl methyl sites for hydroxylation is 1. The van der Waals surface area contributed by atoms with Crippen molar-refractivity contribution in [3.05, 3.63) is 30.0 Å². The van der Waals surface area contributed by atoms with E-state index >= 15 is 0 Å². The number of hydrogen-bond donors (Lipinski definition) is 2. The number of nitrogen functional groups attached to an aromatic ring is 1. The van der Waals surface area contributed by atoms with Crippen molar-refractivity contribution in [2.75, 3.05) is 30.8 Å². The molecular weight excluding hydrogens is 238 g/mol. The van der Waals surface area contributed by atoms with Gasteiger partial charge >= 0.3 is 0 Å². The third-order valence-electron chi connectivity index (χ3n) is 3.57. The minimum Gasteiger partial charge on any atom is -0.399 e. The van der Waals surface area contributed by atoms with E-state index in [0.29, 0.717) is 5.92 Å². The number of rotatable bonds is 3. The minimum absolute atomic E-state index is 0.601. The molecule has 2 heterocycles. The molecule has 1 unspecified atom stereocenters. The Labute approximate surface area is 113 Å². The molecule has 0 saturated carbocycles. The summed E-state index contributed by atoms with van der Waals surface area (Å²) in [4.78, 5) is 4.54. The third kappa shape index (κ3) is 2.63. The number of hydrogen-bond acceptors (Lipinski definition) is 4. The number of nitrogens with two attached hydrogens (primary N) is 1. The van der Waals surface area contributed by atoms with Crippen LogP contribution in [-0.2, 0) is 4.74 Å². The fraction of sp³-hybridized carbons (Fsp3) is 0.400. The molecule has 19 heavy (non-hydrogen) atoms. The van der Waals surface area contributed by atoms with Gasteiger partial charge in [0.25, 0.3) is 0 Å². The molecular formula is C15H19N3O. The van der Waals surface area contributed by atoms with Gasteiger partial charge in [0.1, 0.15) is 0 Å². The first kappa shape index (κ1) is 12.2. The molecule has 4 heteroatoms. The second-order valence-corrected chi connectivity index (χ2v) is 5.20. The van der Waals surface area contributed by atoms with E-state index in [2.05, 4.69) is 16.4 Å². The molecule has 2 aromatic rings. The number of benzene rings is 1. The van der Waals surface area contributed by atoms with Crippen molar-refractivity contribution in [1.29, 1.82) is 0 Å². The van der Waals surface area contributed by atoms with Crippen molar-refractivity contribution in [2.45, 2.75) is 13.3 Å². The van der Waals surface area contributed by atoms with Gasteiger partial charge in [-0.3, -0.25) is 4.98 Å². The smallest absolute Gasteiger partial charge is 0.0727 e. The Morgan fingerprint density at radius 1 is 1.42 bits per heavy atom. The summed E-state index contributed by atoms with van der Waals surface area (Å²) in [6, 6.07) is 7.93. The van der Waals surface area contributed by atoms with Gasteiger partial charge < -0.3 is 15.8 Å². The summed E-state index contributed by atoms with van der Waals surface area (Å²) in [5.41, 5.74) is 9.76. The van der Waals surface area contributed by atoms with Gasteiger partial charge in [-0.25, -0.2) is 0 Å². The highest BCUT2D eigenvalue weighted by molar-refractivity contribution is 5.93. The largest absolute Gasteiger partial charge is 0.399 e. The van der Waals surface area contributed by atoms with Crippen LogP contribution in [0.25, 0.3) is 10.9 Å². The second-order valence-electron chi connectivity index (χ2n) is 5.20. The molecule has 1 aromatic carbocycles. The summed E-state index contributed by atoms with van der Waals surface area (Å²) in [5.74, 6) is 0.601. The molecule has 1 saturated heterocycles. The zero-order valence-corrected chi connectivity index (χ0v) is 11.1. The van der Waals surface area contributed by atoms with Crippen LogP contribution in [0.5, 0.6) is 0 Å². The molecule has 1 aliphatic rings. The van der Waals surface area contributed by atoms with E-state index in [4.69, 9.17) is 10.5 Å². The molecule has 0 aliphatic carbocycles. The SMILES string of the molecule is Cc1cc(NCC2CCOC2)c2cc(N)ccc2n1. The molecule has 3 rings (SSSR count). The Hall–Kier alpha value is -1.81. The molecule has 0 bridgehead atoms. The predicted molar refractivity (Wildman–Crippen MR) is 78.3 cm³/mol. The summed E-state index contributed by atoms with van der Waals surface area (Å²) >= 11 is 0. The van der Waals surface area contributed by atoms with Gasteiger partial charge in [0.05, 0.1) is 12.1 Å². The lowest BCUT2D eigenvalue weighted by atomic mass is 10.1. The number of pyridine rings is 1. The molecule has 1 atom stereocenters. The van der Waals surface area contributed by atoms with E-state index in [0.717, 1.165) is 54.2 Å². The summed E-state index contributed by atoms with van der Waals surface area (Å²) in [6.07, 6.45) is 1.14. The fourth-order valence-electron chi connectivity index (χ4n) is 2.52. The lowest BCUT2D eigenvalue weighted by Gasteiger charge is -2.14. The number of anilines is 2. The quantitative estimate of drug-likeness (QED) is 0.830. The second kappa shape index (κ2) is 5.05. The standard InChI is InChI=1S/C15H19N3O/c1-10-6-15(17-8-11-4-5-19-9-11)13-7-12(16)2-3-14(13)18-10/h2-3,6-7,11H,4-5,8-9,16H2,1H3,(H,17,18). The van der Waals surface area contributed by atoms with Crippen molar-refractivity contribution < 1.29 is 4.74 Å².